The Labute approximate surface area is 167 Å². The second-order valence-electron chi connectivity index (χ2n) is 6.67. The summed E-state index contributed by atoms with van der Waals surface area (Å²) in [7, 11) is 3.12. The highest BCUT2D eigenvalue weighted by Gasteiger charge is 2.14. The van der Waals surface area contributed by atoms with E-state index in [0.29, 0.717) is 24.6 Å². The quantitative estimate of drug-likeness (QED) is 0.615. The van der Waals surface area contributed by atoms with Gasteiger partial charge in [0, 0.05) is 37.3 Å². The van der Waals surface area contributed by atoms with E-state index in [0.717, 1.165) is 37.3 Å². The summed E-state index contributed by atoms with van der Waals surface area (Å²) in [5.41, 5.74) is 1.71. The Morgan fingerprint density at radius 2 is 1.11 bits per heavy atom. The van der Waals surface area contributed by atoms with Gasteiger partial charge in [0.15, 0.2) is 23.0 Å². The molecule has 154 valence electrons. The van der Waals surface area contributed by atoms with Gasteiger partial charge in [0.25, 0.3) is 0 Å². The van der Waals surface area contributed by atoms with E-state index in [9.17, 15) is 10.2 Å². The lowest BCUT2D eigenvalue weighted by atomic mass is 10.1. The average molecular weight is 389 g/mol. The molecule has 0 atom stereocenters. The maximum absolute atomic E-state index is 10.3. The van der Waals surface area contributed by atoms with Crippen LogP contribution in [0.4, 0.5) is 0 Å². The fourth-order valence-corrected chi connectivity index (χ4v) is 3.18. The lowest BCUT2D eigenvalue weighted by Crippen LogP contribution is -2.34. The number of nitrogens with zero attached hydrogens (tertiary/aromatic N) is 2. The Hall–Kier alpha value is -2.44. The summed E-state index contributed by atoms with van der Waals surface area (Å²) >= 11 is 0. The molecule has 0 aliphatic carbocycles. The second-order valence-corrected chi connectivity index (χ2v) is 6.67. The fourth-order valence-electron chi connectivity index (χ4n) is 3.18. The molecule has 0 aliphatic heterocycles. The highest BCUT2D eigenvalue weighted by Crippen LogP contribution is 2.31. The number of aromatic hydroxyl groups is 2. The minimum absolute atomic E-state index is 0.206. The molecule has 0 bridgehead atoms. The van der Waals surface area contributed by atoms with Crippen molar-refractivity contribution in [3.63, 3.8) is 0 Å². The summed E-state index contributed by atoms with van der Waals surface area (Å²) in [5, 5.41) is 20.7. The first-order chi connectivity index (χ1) is 13.5. The number of phenolic OH excluding ortho intramolecular Hbond substituents is 2. The van der Waals surface area contributed by atoms with E-state index in [4.69, 9.17) is 9.47 Å². The maximum Gasteiger partial charge on any atom is 0.162 e. The summed E-state index contributed by atoms with van der Waals surface area (Å²) in [6.07, 6.45) is 0. The van der Waals surface area contributed by atoms with Crippen LogP contribution in [0.3, 0.4) is 0 Å². The predicted molar refractivity (Wildman–Crippen MR) is 111 cm³/mol. The number of phenols is 2. The van der Waals surface area contributed by atoms with E-state index in [-0.39, 0.29) is 11.5 Å². The number of ether oxygens (including phenoxy) is 2. The molecular weight excluding hydrogens is 356 g/mol. The lowest BCUT2D eigenvalue weighted by Gasteiger charge is -2.27. The van der Waals surface area contributed by atoms with Crippen molar-refractivity contribution in [1.82, 2.24) is 9.80 Å². The van der Waals surface area contributed by atoms with Crippen molar-refractivity contribution >= 4 is 0 Å². The first-order valence-corrected chi connectivity index (χ1v) is 9.68. The van der Waals surface area contributed by atoms with Gasteiger partial charge in [-0.2, -0.15) is 0 Å². The molecule has 0 spiro atoms. The van der Waals surface area contributed by atoms with Gasteiger partial charge in [-0.3, -0.25) is 9.80 Å². The van der Waals surface area contributed by atoms with E-state index in [1.807, 2.05) is 24.3 Å². The Morgan fingerprint density at radius 3 is 1.43 bits per heavy atom. The van der Waals surface area contributed by atoms with Crippen LogP contribution < -0.4 is 9.47 Å². The van der Waals surface area contributed by atoms with Crippen LogP contribution in [-0.4, -0.2) is 60.4 Å². The Bertz CT molecular complexity index is 688. The Morgan fingerprint density at radius 1 is 0.714 bits per heavy atom. The summed E-state index contributed by atoms with van der Waals surface area (Å²) in [6.45, 7) is 8.99. The van der Waals surface area contributed by atoms with Crippen molar-refractivity contribution < 1.29 is 19.7 Å². The number of hydrogen-bond donors (Lipinski definition) is 2. The lowest BCUT2D eigenvalue weighted by molar-refractivity contribution is 0.201. The van der Waals surface area contributed by atoms with Gasteiger partial charge in [-0.1, -0.05) is 38.1 Å². The van der Waals surface area contributed by atoms with Gasteiger partial charge in [0.2, 0.25) is 0 Å². The minimum atomic E-state index is 0.206. The van der Waals surface area contributed by atoms with Gasteiger partial charge in [-0.15, -0.1) is 0 Å². The zero-order chi connectivity index (χ0) is 20.5. The zero-order valence-corrected chi connectivity index (χ0v) is 17.3. The normalized spacial score (nSPS) is 11.2. The third-order valence-electron chi connectivity index (χ3n) is 5.02. The highest BCUT2D eigenvalue weighted by molar-refractivity contribution is 5.46. The van der Waals surface area contributed by atoms with Gasteiger partial charge in [-0.05, 0) is 25.2 Å². The molecule has 0 amide bonds. The largest absolute Gasteiger partial charge is 0.504 e. The molecule has 0 heterocycles. The van der Waals surface area contributed by atoms with Crippen LogP contribution in [0.2, 0.25) is 0 Å². The van der Waals surface area contributed by atoms with Crippen molar-refractivity contribution in [2.75, 3.05) is 40.4 Å². The molecule has 2 aromatic rings. The second kappa shape index (κ2) is 10.8. The molecule has 2 N–H and O–H groups in total. The molecule has 6 nitrogen and oxygen atoms in total. The monoisotopic (exact) mass is 388 g/mol. The molecule has 0 saturated carbocycles. The van der Waals surface area contributed by atoms with Crippen LogP contribution in [0.5, 0.6) is 23.0 Å². The number of hydrogen-bond acceptors (Lipinski definition) is 6. The van der Waals surface area contributed by atoms with Crippen molar-refractivity contribution in [3.8, 4) is 23.0 Å². The van der Waals surface area contributed by atoms with Crippen LogP contribution in [-0.2, 0) is 13.1 Å². The molecular formula is C22H32N2O4. The molecule has 0 unspecified atom stereocenters. The average Bonchev–Trinajstić information content (AvgIpc) is 2.72. The van der Waals surface area contributed by atoms with Gasteiger partial charge in [-0.25, -0.2) is 0 Å². The van der Waals surface area contributed by atoms with Gasteiger partial charge in [0.1, 0.15) is 0 Å². The topological polar surface area (TPSA) is 65.4 Å². The Kier molecular flexibility index (Phi) is 8.42. The number of methoxy groups -OCH3 is 2. The van der Waals surface area contributed by atoms with Gasteiger partial charge in [0.05, 0.1) is 14.2 Å². The summed E-state index contributed by atoms with van der Waals surface area (Å²) < 4.78 is 10.4. The summed E-state index contributed by atoms with van der Waals surface area (Å²) in [5.74, 6) is 1.41. The van der Waals surface area contributed by atoms with Gasteiger partial charge < -0.3 is 19.7 Å². The van der Waals surface area contributed by atoms with Crippen molar-refractivity contribution in [3.05, 3.63) is 47.5 Å². The third kappa shape index (κ3) is 5.53. The molecule has 2 rings (SSSR count). The van der Waals surface area contributed by atoms with Crippen LogP contribution >= 0.6 is 0 Å². The molecule has 2 aromatic carbocycles. The Balaban J connectivity index is 1.99. The molecule has 0 saturated heterocycles. The van der Waals surface area contributed by atoms with Crippen LogP contribution in [0.25, 0.3) is 0 Å². The minimum Gasteiger partial charge on any atom is -0.504 e. The first-order valence-electron chi connectivity index (χ1n) is 9.68. The number of para-hydroxylation sites is 2. The SMILES string of the molecule is CCN(CCN(CC)Cc1cccc(OC)c1O)Cc1cccc(OC)c1O. The van der Waals surface area contributed by atoms with E-state index in [1.165, 1.54) is 0 Å². The zero-order valence-electron chi connectivity index (χ0n) is 17.3. The third-order valence-corrected chi connectivity index (χ3v) is 5.02. The van der Waals surface area contributed by atoms with Crippen molar-refractivity contribution in [2.45, 2.75) is 26.9 Å². The first kappa shape index (κ1) is 21.9. The maximum atomic E-state index is 10.3. The molecule has 6 heteroatoms. The summed E-state index contributed by atoms with van der Waals surface area (Å²) in [4.78, 5) is 4.56. The van der Waals surface area contributed by atoms with E-state index < -0.39 is 0 Å². The number of likely N-dealkylation sites (N-methyl/N-ethyl adjacent to an activating group) is 2. The van der Waals surface area contributed by atoms with E-state index >= 15 is 0 Å². The molecule has 0 aliphatic rings. The number of rotatable bonds is 11. The standard InChI is InChI=1S/C22H32N2O4/c1-5-23(15-17-9-7-11-19(27-3)21(17)25)13-14-24(6-2)16-18-10-8-12-20(28-4)22(18)26/h7-12,25-26H,5-6,13-16H2,1-4H3. The molecule has 0 fully saturated rings. The van der Waals surface area contributed by atoms with Crippen LogP contribution in [0.15, 0.2) is 36.4 Å². The van der Waals surface area contributed by atoms with Crippen molar-refractivity contribution in [2.24, 2.45) is 0 Å². The predicted octanol–water partition coefficient (Wildman–Crippen LogP) is 3.46. The smallest absolute Gasteiger partial charge is 0.162 e. The molecule has 0 radical (unpaired) electrons. The molecule has 28 heavy (non-hydrogen) atoms. The fraction of sp³-hybridized carbons (Fsp3) is 0.455. The van der Waals surface area contributed by atoms with Crippen LogP contribution in [0, 0.1) is 0 Å². The molecule has 0 aromatic heterocycles. The van der Waals surface area contributed by atoms with Gasteiger partial charge >= 0.3 is 0 Å². The van der Waals surface area contributed by atoms with Crippen molar-refractivity contribution in [1.29, 1.82) is 0 Å². The van der Waals surface area contributed by atoms with E-state index in [2.05, 4.69) is 23.6 Å². The highest BCUT2D eigenvalue weighted by atomic mass is 16.5. The van der Waals surface area contributed by atoms with Crippen LogP contribution in [0.1, 0.15) is 25.0 Å². The number of benzene rings is 2. The van der Waals surface area contributed by atoms with E-state index in [1.54, 1.807) is 26.4 Å². The summed E-state index contributed by atoms with van der Waals surface area (Å²) in [6, 6.07) is 11.2.